The molecular weight excluding hydrogens is 316 g/mol. The van der Waals surface area contributed by atoms with Gasteiger partial charge >= 0.3 is 0 Å². The van der Waals surface area contributed by atoms with E-state index in [1.165, 1.54) is 12.8 Å². The zero-order valence-electron chi connectivity index (χ0n) is 15.0. The van der Waals surface area contributed by atoms with E-state index in [4.69, 9.17) is 10.5 Å². The standard InChI is InChI=1S/C18H30N6O/c19-18(21-5-3-7-23-10-12-25-13-11-23)22-15-16-4-6-20-17(14-16)24-8-1-2-9-24/h4,6,14H,1-3,5,7-13,15H2,(H3,19,21,22). The number of ether oxygens (including phenoxy) is 1. The number of hydrogen-bond acceptors (Lipinski definition) is 5. The van der Waals surface area contributed by atoms with Gasteiger partial charge in [-0.15, -0.1) is 0 Å². The van der Waals surface area contributed by atoms with Gasteiger partial charge in [0.15, 0.2) is 5.96 Å². The van der Waals surface area contributed by atoms with Crippen LogP contribution in [-0.4, -0.2) is 68.3 Å². The Labute approximate surface area is 150 Å². The first-order valence-electron chi connectivity index (χ1n) is 9.35. The number of hydrogen-bond donors (Lipinski definition) is 2. The molecule has 0 amide bonds. The fraction of sp³-hybridized carbons (Fsp3) is 0.667. The second-order valence-corrected chi connectivity index (χ2v) is 6.65. The summed E-state index contributed by atoms with van der Waals surface area (Å²) in [6.45, 7) is 8.49. The molecule has 0 aromatic carbocycles. The molecule has 0 bridgehead atoms. The van der Waals surface area contributed by atoms with Gasteiger partial charge in [0.2, 0.25) is 0 Å². The van der Waals surface area contributed by atoms with Crippen molar-refractivity contribution in [3.8, 4) is 0 Å². The van der Waals surface area contributed by atoms with Gasteiger partial charge in [0.05, 0.1) is 19.8 Å². The summed E-state index contributed by atoms with van der Waals surface area (Å²) in [6, 6.07) is 4.13. The molecule has 0 atom stereocenters. The van der Waals surface area contributed by atoms with Crippen molar-refractivity contribution in [2.45, 2.75) is 25.8 Å². The van der Waals surface area contributed by atoms with Gasteiger partial charge in [-0.25, -0.2) is 9.98 Å². The van der Waals surface area contributed by atoms with Gasteiger partial charge in [0.1, 0.15) is 5.82 Å². The zero-order chi connectivity index (χ0) is 17.3. The molecule has 2 saturated heterocycles. The third-order valence-corrected chi connectivity index (χ3v) is 4.73. The predicted octanol–water partition coefficient (Wildman–Crippen LogP) is 0.808. The molecule has 0 unspecified atom stereocenters. The maximum absolute atomic E-state index is 5.98. The van der Waals surface area contributed by atoms with Gasteiger partial charge in [-0.1, -0.05) is 0 Å². The minimum Gasteiger partial charge on any atom is -0.379 e. The van der Waals surface area contributed by atoms with E-state index in [0.717, 1.165) is 70.3 Å². The molecule has 7 nitrogen and oxygen atoms in total. The van der Waals surface area contributed by atoms with E-state index in [1.807, 2.05) is 12.3 Å². The molecule has 138 valence electrons. The van der Waals surface area contributed by atoms with Crippen LogP contribution in [0.4, 0.5) is 5.82 Å². The minimum atomic E-state index is 0.515. The van der Waals surface area contributed by atoms with E-state index in [9.17, 15) is 0 Å². The fourth-order valence-electron chi connectivity index (χ4n) is 3.25. The summed E-state index contributed by atoms with van der Waals surface area (Å²) in [6.07, 6.45) is 5.44. The Morgan fingerprint density at radius 3 is 2.84 bits per heavy atom. The number of nitrogens with two attached hydrogens (primary N) is 1. The van der Waals surface area contributed by atoms with Crippen LogP contribution < -0.4 is 16.0 Å². The average molecular weight is 346 g/mol. The highest BCUT2D eigenvalue weighted by Crippen LogP contribution is 2.18. The Kier molecular flexibility index (Phi) is 6.88. The van der Waals surface area contributed by atoms with Crippen molar-refractivity contribution in [1.29, 1.82) is 0 Å². The van der Waals surface area contributed by atoms with Crippen molar-refractivity contribution in [3.63, 3.8) is 0 Å². The summed E-state index contributed by atoms with van der Waals surface area (Å²) in [7, 11) is 0. The van der Waals surface area contributed by atoms with Gasteiger partial charge in [-0.05, 0) is 43.5 Å². The molecule has 7 heteroatoms. The second-order valence-electron chi connectivity index (χ2n) is 6.65. The van der Waals surface area contributed by atoms with Gasteiger partial charge in [0.25, 0.3) is 0 Å². The van der Waals surface area contributed by atoms with E-state index in [0.29, 0.717) is 12.5 Å². The van der Waals surface area contributed by atoms with Crippen LogP contribution >= 0.6 is 0 Å². The lowest BCUT2D eigenvalue weighted by Gasteiger charge is -2.26. The Hall–Kier alpha value is -1.86. The second kappa shape index (κ2) is 9.58. The first kappa shape index (κ1) is 17.9. The molecule has 0 aliphatic carbocycles. The Bertz CT molecular complexity index is 552. The normalized spacial score (nSPS) is 19.4. The number of morpholine rings is 1. The van der Waals surface area contributed by atoms with Crippen molar-refractivity contribution < 1.29 is 4.74 Å². The highest BCUT2D eigenvalue weighted by molar-refractivity contribution is 5.77. The molecule has 3 rings (SSSR count). The Balaban J connectivity index is 1.38. The van der Waals surface area contributed by atoms with Crippen LogP contribution in [0.2, 0.25) is 0 Å². The Morgan fingerprint density at radius 2 is 2.04 bits per heavy atom. The zero-order valence-corrected chi connectivity index (χ0v) is 15.0. The SMILES string of the molecule is NC(=NCc1ccnc(N2CCCC2)c1)NCCCN1CCOCC1. The number of nitrogens with one attached hydrogen (secondary N) is 1. The maximum Gasteiger partial charge on any atom is 0.188 e. The summed E-state index contributed by atoms with van der Waals surface area (Å²) in [5, 5.41) is 3.21. The van der Waals surface area contributed by atoms with Crippen LogP contribution in [0.1, 0.15) is 24.8 Å². The van der Waals surface area contributed by atoms with Crippen LogP contribution in [-0.2, 0) is 11.3 Å². The molecule has 1 aromatic rings. The summed E-state index contributed by atoms with van der Waals surface area (Å²) in [5.41, 5.74) is 7.13. The molecule has 0 radical (unpaired) electrons. The molecular formula is C18H30N6O. The van der Waals surface area contributed by atoms with Crippen molar-refractivity contribution >= 4 is 11.8 Å². The molecule has 2 aliphatic rings. The molecule has 2 fully saturated rings. The quantitative estimate of drug-likeness (QED) is 0.432. The van der Waals surface area contributed by atoms with E-state index < -0.39 is 0 Å². The lowest BCUT2D eigenvalue weighted by Crippen LogP contribution is -2.39. The van der Waals surface area contributed by atoms with Crippen LogP contribution in [0, 0.1) is 0 Å². The third-order valence-electron chi connectivity index (χ3n) is 4.73. The monoisotopic (exact) mass is 346 g/mol. The molecule has 3 N–H and O–H groups in total. The number of aromatic nitrogens is 1. The number of nitrogens with zero attached hydrogens (tertiary/aromatic N) is 4. The van der Waals surface area contributed by atoms with Crippen LogP contribution in [0.5, 0.6) is 0 Å². The molecule has 2 aliphatic heterocycles. The maximum atomic E-state index is 5.98. The van der Waals surface area contributed by atoms with Crippen molar-refractivity contribution in [1.82, 2.24) is 15.2 Å². The molecule has 0 saturated carbocycles. The van der Waals surface area contributed by atoms with Gasteiger partial charge in [0, 0.05) is 38.9 Å². The van der Waals surface area contributed by atoms with Crippen LogP contribution in [0.3, 0.4) is 0 Å². The van der Waals surface area contributed by atoms with Gasteiger partial charge < -0.3 is 20.7 Å². The highest BCUT2D eigenvalue weighted by Gasteiger charge is 2.13. The summed E-state index contributed by atoms with van der Waals surface area (Å²) >= 11 is 0. The lowest BCUT2D eigenvalue weighted by atomic mass is 10.2. The summed E-state index contributed by atoms with van der Waals surface area (Å²) < 4.78 is 5.36. The minimum absolute atomic E-state index is 0.515. The van der Waals surface area contributed by atoms with Crippen molar-refractivity contribution in [2.75, 3.05) is 57.4 Å². The summed E-state index contributed by atoms with van der Waals surface area (Å²) in [5.74, 6) is 1.57. The van der Waals surface area contributed by atoms with E-state index >= 15 is 0 Å². The largest absolute Gasteiger partial charge is 0.379 e. The average Bonchev–Trinajstić information content (AvgIpc) is 3.19. The van der Waals surface area contributed by atoms with E-state index in [-0.39, 0.29) is 0 Å². The third kappa shape index (κ3) is 5.86. The number of pyridine rings is 1. The molecule has 25 heavy (non-hydrogen) atoms. The first-order valence-corrected chi connectivity index (χ1v) is 9.35. The number of guanidine groups is 1. The van der Waals surface area contributed by atoms with Gasteiger partial charge in [-0.3, -0.25) is 4.90 Å². The Morgan fingerprint density at radius 1 is 1.24 bits per heavy atom. The van der Waals surface area contributed by atoms with Crippen LogP contribution in [0.25, 0.3) is 0 Å². The topological polar surface area (TPSA) is 79.0 Å². The number of rotatable bonds is 7. The number of anilines is 1. The molecule has 1 aromatic heterocycles. The molecule has 0 spiro atoms. The van der Waals surface area contributed by atoms with E-state index in [2.05, 4.69) is 31.2 Å². The molecule has 3 heterocycles. The summed E-state index contributed by atoms with van der Waals surface area (Å²) in [4.78, 5) is 13.7. The smallest absolute Gasteiger partial charge is 0.188 e. The predicted molar refractivity (Wildman–Crippen MR) is 101 cm³/mol. The van der Waals surface area contributed by atoms with Crippen molar-refractivity contribution in [2.24, 2.45) is 10.7 Å². The number of aliphatic imine (C=N–C) groups is 1. The first-order chi connectivity index (χ1) is 12.3. The van der Waals surface area contributed by atoms with E-state index in [1.54, 1.807) is 0 Å². The highest BCUT2D eigenvalue weighted by atomic mass is 16.5. The fourth-order valence-corrected chi connectivity index (χ4v) is 3.25. The van der Waals surface area contributed by atoms with Crippen molar-refractivity contribution in [3.05, 3.63) is 23.9 Å². The van der Waals surface area contributed by atoms with Gasteiger partial charge in [-0.2, -0.15) is 0 Å². The van der Waals surface area contributed by atoms with Crippen LogP contribution in [0.15, 0.2) is 23.3 Å². The lowest BCUT2D eigenvalue weighted by molar-refractivity contribution is 0.0376.